The molecule has 0 aromatic heterocycles. The van der Waals surface area contributed by atoms with E-state index < -0.39 is 18.2 Å². The van der Waals surface area contributed by atoms with Gasteiger partial charge in [0, 0.05) is 37.8 Å². The molecule has 1 fully saturated rings. The molecule has 2 aliphatic rings. The van der Waals surface area contributed by atoms with E-state index >= 15 is 0 Å². The average molecular weight is 494 g/mol. The van der Waals surface area contributed by atoms with Crippen LogP contribution in [0.5, 0.6) is 0 Å². The molecule has 2 heterocycles. The number of aliphatic carboxylic acids is 1. The summed E-state index contributed by atoms with van der Waals surface area (Å²) in [4.78, 5) is 40.9. The number of para-hydroxylation sites is 1. The van der Waals surface area contributed by atoms with E-state index in [0.29, 0.717) is 32.5 Å². The second-order valence-corrected chi connectivity index (χ2v) is 9.47. The van der Waals surface area contributed by atoms with Crippen LogP contribution in [-0.4, -0.2) is 64.8 Å². The summed E-state index contributed by atoms with van der Waals surface area (Å²) in [7, 11) is 0. The number of urea groups is 1. The third-order valence-electron chi connectivity index (χ3n) is 7.28. The number of aryl methyl sites for hydroxylation is 2. The van der Waals surface area contributed by atoms with Crippen molar-refractivity contribution < 1.29 is 24.2 Å². The van der Waals surface area contributed by atoms with Crippen LogP contribution in [0.3, 0.4) is 0 Å². The Morgan fingerprint density at radius 3 is 2.47 bits per heavy atom. The lowest BCUT2D eigenvalue weighted by atomic mass is 9.97. The number of hydrogen-bond donors (Lipinski definition) is 2. The number of anilines is 1. The Morgan fingerprint density at radius 2 is 1.78 bits per heavy atom. The number of carbonyl (C=O) groups is 3. The molecule has 8 heteroatoms. The van der Waals surface area contributed by atoms with Gasteiger partial charge in [-0.25, -0.2) is 14.4 Å². The van der Waals surface area contributed by atoms with Gasteiger partial charge in [-0.2, -0.15) is 0 Å². The lowest BCUT2D eigenvalue weighted by Crippen LogP contribution is -2.50. The minimum atomic E-state index is -1.25. The predicted octanol–water partition coefficient (Wildman–Crippen LogP) is 4.50. The Morgan fingerprint density at radius 1 is 1.06 bits per heavy atom. The fourth-order valence-corrected chi connectivity index (χ4v) is 5.17. The summed E-state index contributed by atoms with van der Waals surface area (Å²) in [6.45, 7) is 5.62. The number of likely N-dealkylation sites (tertiary alicyclic amines) is 1. The van der Waals surface area contributed by atoms with Gasteiger partial charge in [-0.3, -0.25) is 0 Å². The van der Waals surface area contributed by atoms with Crippen molar-refractivity contribution in [2.75, 3.05) is 25.0 Å². The summed E-state index contributed by atoms with van der Waals surface area (Å²) in [5.74, 6) is -1.16. The zero-order valence-corrected chi connectivity index (χ0v) is 21.0. The van der Waals surface area contributed by atoms with E-state index in [2.05, 4.69) is 19.2 Å². The molecule has 0 radical (unpaired) electrons. The Labute approximate surface area is 212 Å². The number of piperidine rings is 1. The molecule has 2 aliphatic heterocycles. The molecule has 0 saturated carbocycles. The SMILES string of the molecule is CCc1ccc(CC(OC(=O)N2CCC(N3CCc4ccccc4NC3=O)CC2)C(=O)O)cc1CC. The number of carboxylic acids is 1. The van der Waals surface area contributed by atoms with Crippen molar-refractivity contribution in [2.45, 2.75) is 64.5 Å². The molecule has 1 saturated heterocycles. The fraction of sp³-hybridized carbons (Fsp3) is 0.464. The molecule has 0 spiro atoms. The molecule has 0 bridgehead atoms. The van der Waals surface area contributed by atoms with Gasteiger partial charge in [-0.15, -0.1) is 0 Å². The molecule has 3 amide bonds. The third kappa shape index (κ3) is 5.80. The second-order valence-electron chi connectivity index (χ2n) is 9.47. The average Bonchev–Trinajstić information content (AvgIpc) is 3.06. The minimum Gasteiger partial charge on any atom is -0.478 e. The second kappa shape index (κ2) is 11.5. The quantitative estimate of drug-likeness (QED) is 0.592. The van der Waals surface area contributed by atoms with E-state index in [4.69, 9.17) is 4.74 Å². The Bertz CT molecular complexity index is 1110. The summed E-state index contributed by atoms with van der Waals surface area (Å²) in [5.41, 5.74) is 5.24. The number of fused-ring (bicyclic) bond motifs is 1. The Balaban J connectivity index is 1.33. The number of amides is 3. The van der Waals surface area contributed by atoms with Gasteiger partial charge in [0.25, 0.3) is 0 Å². The number of nitrogens with one attached hydrogen (secondary N) is 1. The van der Waals surface area contributed by atoms with E-state index in [1.807, 2.05) is 47.4 Å². The van der Waals surface area contributed by atoms with E-state index in [9.17, 15) is 19.5 Å². The number of carbonyl (C=O) groups excluding carboxylic acids is 2. The zero-order chi connectivity index (χ0) is 25.7. The van der Waals surface area contributed by atoms with Crippen molar-refractivity contribution in [3.63, 3.8) is 0 Å². The standard InChI is InChI=1S/C28H35N3O5/c1-3-20-10-9-19(17-21(20)4-2)18-25(26(32)33)36-28(35)30-14-12-23(13-15-30)31-16-11-22-7-5-6-8-24(22)29-27(31)34/h5-10,17,23,25H,3-4,11-16,18H2,1-2H3,(H,29,34)(H,32,33). The molecule has 2 aromatic rings. The van der Waals surface area contributed by atoms with Crippen LogP contribution in [0.2, 0.25) is 0 Å². The van der Waals surface area contributed by atoms with Gasteiger partial charge in [-0.05, 0) is 60.4 Å². The van der Waals surface area contributed by atoms with Crippen LogP contribution >= 0.6 is 0 Å². The molecule has 1 atom stereocenters. The smallest absolute Gasteiger partial charge is 0.410 e. The molecular formula is C28H35N3O5. The number of carboxylic acid groups (broad SMARTS) is 1. The number of hydrogen-bond acceptors (Lipinski definition) is 4. The van der Waals surface area contributed by atoms with Gasteiger partial charge in [0.15, 0.2) is 0 Å². The highest BCUT2D eigenvalue weighted by atomic mass is 16.6. The molecule has 0 aliphatic carbocycles. The van der Waals surface area contributed by atoms with Gasteiger partial charge in [0.1, 0.15) is 0 Å². The summed E-state index contributed by atoms with van der Waals surface area (Å²) >= 11 is 0. The molecule has 2 aromatic carbocycles. The van der Waals surface area contributed by atoms with Crippen LogP contribution in [0.4, 0.5) is 15.3 Å². The predicted molar refractivity (Wildman–Crippen MR) is 137 cm³/mol. The third-order valence-corrected chi connectivity index (χ3v) is 7.28. The van der Waals surface area contributed by atoms with Crippen LogP contribution in [0.25, 0.3) is 0 Å². The summed E-state index contributed by atoms with van der Waals surface area (Å²) in [6, 6.07) is 13.7. The molecule has 192 valence electrons. The van der Waals surface area contributed by atoms with Gasteiger partial charge in [0.05, 0.1) is 0 Å². The monoisotopic (exact) mass is 493 g/mol. The maximum absolute atomic E-state index is 12.8. The highest BCUT2D eigenvalue weighted by Gasteiger charge is 2.33. The van der Waals surface area contributed by atoms with E-state index in [0.717, 1.165) is 36.1 Å². The fourth-order valence-electron chi connectivity index (χ4n) is 5.17. The Hall–Kier alpha value is -3.55. The van der Waals surface area contributed by atoms with Crippen LogP contribution < -0.4 is 5.32 Å². The lowest BCUT2D eigenvalue weighted by molar-refractivity contribution is -0.147. The van der Waals surface area contributed by atoms with E-state index in [-0.39, 0.29) is 18.5 Å². The van der Waals surface area contributed by atoms with Gasteiger partial charge < -0.3 is 25.0 Å². The van der Waals surface area contributed by atoms with Crippen molar-refractivity contribution in [3.05, 3.63) is 64.7 Å². The van der Waals surface area contributed by atoms with Crippen molar-refractivity contribution in [2.24, 2.45) is 0 Å². The van der Waals surface area contributed by atoms with Crippen LogP contribution in [-0.2, 0) is 35.2 Å². The van der Waals surface area contributed by atoms with Crippen LogP contribution in [0.1, 0.15) is 48.9 Å². The summed E-state index contributed by atoms with van der Waals surface area (Å²) in [5, 5.41) is 12.7. The van der Waals surface area contributed by atoms with E-state index in [1.165, 1.54) is 11.1 Å². The topological polar surface area (TPSA) is 99.2 Å². The molecule has 36 heavy (non-hydrogen) atoms. The number of rotatable bonds is 7. The van der Waals surface area contributed by atoms with Gasteiger partial charge >= 0.3 is 18.1 Å². The molecule has 2 N–H and O–H groups in total. The first-order valence-electron chi connectivity index (χ1n) is 12.8. The highest BCUT2D eigenvalue weighted by molar-refractivity contribution is 5.91. The summed E-state index contributed by atoms with van der Waals surface area (Å²) < 4.78 is 5.44. The number of nitrogens with zero attached hydrogens (tertiary/aromatic N) is 2. The van der Waals surface area contributed by atoms with E-state index in [1.54, 1.807) is 4.90 Å². The normalized spacial score (nSPS) is 17.1. The van der Waals surface area contributed by atoms with Crippen molar-refractivity contribution in [1.29, 1.82) is 0 Å². The minimum absolute atomic E-state index is 0.0168. The first-order chi connectivity index (χ1) is 17.4. The first kappa shape index (κ1) is 25.5. The van der Waals surface area contributed by atoms with Crippen LogP contribution in [0, 0.1) is 0 Å². The lowest BCUT2D eigenvalue weighted by Gasteiger charge is -2.37. The number of ether oxygens (including phenoxy) is 1. The Kier molecular flexibility index (Phi) is 8.13. The maximum Gasteiger partial charge on any atom is 0.410 e. The van der Waals surface area contributed by atoms with Gasteiger partial charge in [-0.1, -0.05) is 50.2 Å². The number of benzene rings is 2. The van der Waals surface area contributed by atoms with Crippen LogP contribution in [0.15, 0.2) is 42.5 Å². The molecule has 1 unspecified atom stereocenters. The highest BCUT2D eigenvalue weighted by Crippen LogP contribution is 2.25. The molecule has 4 rings (SSSR count). The maximum atomic E-state index is 12.8. The largest absolute Gasteiger partial charge is 0.478 e. The molecular weight excluding hydrogens is 458 g/mol. The zero-order valence-electron chi connectivity index (χ0n) is 21.0. The van der Waals surface area contributed by atoms with Gasteiger partial charge in [0.2, 0.25) is 6.10 Å². The summed E-state index contributed by atoms with van der Waals surface area (Å²) in [6.07, 6.45) is 2.06. The van der Waals surface area contributed by atoms with Crippen molar-refractivity contribution in [3.8, 4) is 0 Å². The van der Waals surface area contributed by atoms with Crippen molar-refractivity contribution in [1.82, 2.24) is 9.80 Å². The molecule has 8 nitrogen and oxygen atoms in total. The first-order valence-corrected chi connectivity index (χ1v) is 12.8. The van der Waals surface area contributed by atoms with Crippen molar-refractivity contribution >= 4 is 23.8 Å².